The summed E-state index contributed by atoms with van der Waals surface area (Å²) >= 11 is 3.49. The van der Waals surface area contributed by atoms with Crippen LogP contribution in [0, 0.1) is 0 Å². The largest absolute Gasteiger partial charge is 0.497 e. The van der Waals surface area contributed by atoms with Crippen LogP contribution in [0.2, 0.25) is 0 Å². The molecule has 2 aromatic rings. The number of carbonyl (C=O) groups is 2. The summed E-state index contributed by atoms with van der Waals surface area (Å²) in [5.74, 6) is 0.858. The Morgan fingerprint density at radius 3 is 2.33 bits per heavy atom. The van der Waals surface area contributed by atoms with Crippen LogP contribution in [0.5, 0.6) is 11.5 Å². The van der Waals surface area contributed by atoms with Crippen LogP contribution in [0.1, 0.15) is 31.9 Å². The highest BCUT2D eigenvalue weighted by atomic mass is 79.9. The maximum absolute atomic E-state index is 13.0. The minimum Gasteiger partial charge on any atom is -0.497 e. The van der Waals surface area contributed by atoms with E-state index in [4.69, 9.17) is 9.47 Å². The number of carbonyl (C=O) groups excluding carboxylic acids is 2. The van der Waals surface area contributed by atoms with Crippen LogP contribution in [0.15, 0.2) is 46.9 Å². The van der Waals surface area contributed by atoms with Gasteiger partial charge in [0, 0.05) is 13.1 Å². The number of ether oxygens (including phenoxy) is 2. The van der Waals surface area contributed by atoms with Crippen molar-refractivity contribution >= 4 is 27.7 Å². The fourth-order valence-corrected chi connectivity index (χ4v) is 3.48. The number of hydrogen-bond acceptors (Lipinski definition) is 4. The molecule has 7 heteroatoms. The predicted molar refractivity (Wildman–Crippen MR) is 121 cm³/mol. The highest BCUT2D eigenvalue weighted by Gasteiger charge is 2.26. The summed E-state index contributed by atoms with van der Waals surface area (Å²) < 4.78 is 11.7. The van der Waals surface area contributed by atoms with Crippen LogP contribution >= 0.6 is 15.9 Å². The molecule has 0 aliphatic rings. The van der Waals surface area contributed by atoms with Crippen LogP contribution in [0.3, 0.4) is 0 Å². The molecular formula is C23H29BrN2O4. The normalized spacial score (nSPS) is 11.5. The van der Waals surface area contributed by atoms with Gasteiger partial charge in [0.25, 0.3) is 5.91 Å². The molecule has 2 rings (SSSR count). The second-order valence-corrected chi connectivity index (χ2v) is 7.70. The molecule has 0 unspecified atom stereocenters. The van der Waals surface area contributed by atoms with Gasteiger partial charge >= 0.3 is 0 Å². The van der Waals surface area contributed by atoms with Crippen molar-refractivity contribution < 1.29 is 19.1 Å². The number of nitrogens with zero attached hydrogens (tertiary/aromatic N) is 1. The smallest absolute Gasteiger partial charge is 0.261 e. The van der Waals surface area contributed by atoms with Gasteiger partial charge in [-0.1, -0.05) is 25.1 Å². The Morgan fingerprint density at radius 1 is 1.10 bits per heavy atom. The molecule has 0 bridgehead atoms. The molecule has 0 heterocycles. The summed E-state index contributed by atoms with van der Waals surface area (Å²) in [7, 11) is 1.60. The molecule has 2 amide bonds. The molecule has 0 saturated carbocycles. The SMILES string of the molecule is CCNC(=O)[C@H](C)N(Cc1ccc(OC)cc1)C(=O)COc1ccc(CC)cc1Br. The first-order valence-electron chi connectivity index (χ1n) is 10.0. The average molecular weight is 477 g/mol. The van der Waals surface area contributed by atoms with E-state index >= 15 is 0 Å². The third-order valence-electron chi connectivity index (χ3n) is 4.79. The topological polar surface area (TPSA) is 67.9 Å². The Kier molecular flexibility index (Phi) is 9.17. The molecule has 30 heavy (non-hydrogen) atoms. The van der Waals surface area contributed by atoms with Gasteiger partial charge in [0.1, 0.15) is 17.5 Å². The zero-order chi connectivity index (χ0) is 22.1. The van der Waals surface area contributed by atoms with Crippen molar-refractivity contribution in [2.24, 2.45) is 0 Å². The van der Waals surface area contributed by atoms with Gasteiger partial charge in [0.05, 0.1) is 11.6 Å². The van der Waals surface area contributed by atoms with E-state index in [1.54, 1.807) is 14.0 Å². The fraction of sp³-hybridized carbons (Fsp3) is 0.391. The number of benzene rings is 2. The van der Waals surface area contributed by atoms with Gasteiger partial charge in [-0.25, -0.2) is 0 Å². The van der Waals surface area contributed by atoms with Crippen molar-refractivity contribution in [1.82, 2.24) is 10.2 Å². The number of rotatable bonds is 10. The summed E-state index contributed by atoms with van der Waals surface area (Å²) in [6, 6.07) is 12.6. The molecule has 0 saturated heterocycles. The van der Waals surface area contributed by atoms with Gasteiger partial charge in [-0.2, -0.15) is 0 Å². The van der Waals surface area contributed by atoms with Crippen molar-refractivity contribution in [3.05, 3.63) is 58.1 Å². The number of amides is 2. The molecule has 2 aromatic carbocycles. The number of aryl methyl sites for hydroxylation is 1. The predicted octanol–water partition coefficient (Wildman–Crippen LogP) is 3.95. The molecule has 0 radical (unpaired) electrons. The van der Waals surface area contributed by atoms with E-state index in [2.05, 4.69) is 28.2 Å². The van der Waals surface area contributed by atoms with Crippen molar-refractivity contribution in [1.29, 1.82) is 0 Å². The molecule has 0 aromatic heterocycles. The Hall–Kier alpha value is -2.54. The molecular weight excluding hydrogens is 448 g/mol. The van der Waals surface area contributed by atoms with E-state index in [0.29, 0.717) is 18.8 Å². The highest BCUT2D eigenvalue weighted by molar-refractivity contribution is 9.10. The van der Waals surface area contributed by atoms with Gasteiger partial charge < -0.3 is 19.7 Å². The molecule has 0 aliphatic heterocycles. The average Bonchev–Trinajstić information content (AvgIpc) is 2.76. The van der Waals surface area contributed by atoms with Crippen molar-refractivity contribution in [3.63, 3.8) is 0 Å². The van der Waals surface area contributed by atoms with Crippen LogP contribution in [-0.2, 0) is 22.6 Å². The quantitative estimate of drug-likeness (QED) is 0.563. The Balaban J connectivity index is 2.15. The number of nitrogens with one attached hydrogen (secondary N) is 1. The Bertz CT molecular complexity index is 855. The molecule has 0 aliphatic carbocycles. The summed E-state index contributed by atoms with van der Waals surface area (Å²) in [5.41, 5.74) is 2.07. The van der Waals surface area contributed by atoms with E-state index in [-0.39, 0.29) is 18.4 Å². The maximum atomic E-state index is 13.0. The standard InChI is InChI=1S/C23H29BrN2O4/c1-5-17-9-12-21(20(24)13-17)30-15-22(27)26(16(3)23(28)25-6-2)14-18-7-10-19(29-4)11-8-18/h7-13,16H,5-6,14-15H2,1-4H3,(H,25,28)/t16-/m0/s1. The minimum absolute atomic E-state index is 0.163. The third kappa shape index (κ3) is 6.49. The minimum atomic E-state index is -0.631. The Morgan fingerprint density at radius 2 is 1.77 bits per heavy atom. The lowest BCUT2D eigenvalue weighted by atomic mass is 10.1. The fourth-order valence-electron chi connectivity index (χ4n) is 2.94. The van der Waals surface area contributed by atoms with Crippen molar-refractivity contribution in [3.8, 4) is 11.5 Å². The first-order chi connectivity index (χ1) is 14.4. The summed E-state index contributed by atoms with van der Waals surface area (Å²) in [6.07, 6.45) is 0.914. The molecule has 1 atom stereocenters. The summed E-state index contributed by atoms with van der Waals surface area (Å²) in [6.45, 7) is 6.27. The molecule has 0 fully saturated rings. The highest BCUT2D eigenvalue weighted by Crippen LogP contribution is 2.26. The number of likely N-dealkylation sites (N-methyl/N-ethyl adjacent to an activating group) is 1. The van der Waals surface area contributed by atoms with E-state index in [0.717, 1.165) is 22.2 Å². The summed E-state index contributed by atoms with van der Waals surface area (Å²) in [4.78, 5) is 26.9. The van der Waals surface area contributed by atoms with Crippen LogP contribution < -0.4 is 14.8 Å². The first kappa shape index (κ1) is 23.7. The second kappa shape index (κ2) is 11.6. The maximum Gasteiger partial charge on any atom is 0.261 e. The number of hydrogen-bond donors (Lipinski definition) is 1. The molecule has 162 valence electrons. The van der Waals surface area contributed by atoms with Crippen LogP contribution in [0.25, 0.3) is 0 Å². The van der Waals surface area contributed by atoms with Gasteiger partial charge in [-0.3, -0.25) is 9.59 Å². The molecule has 6 nitrogen and oxygen atoms in total. The van der Waals surface area contributed by atoms with Gasteiger partial charge in [-0.15, -0.1) is 0 Å². The molecule has 0 spiro atoms. The van der Waals surface area contributed by atoms with Crippen LogP contribution in [-0.4, -0.2) is 43.0 Å². The van der Waals surface area contributed by atoms with E-state index in [1.807, 2.05) is 49.4 Å². The van der Waals surface area contributed by atoms with Crippen molar-refractivity contribution in [2.45, 2.75) is 39.8 Å². The summed E-state index contributed by atoms with van der Waals surface area (Å²) in [5, 5.41) is 2.78. The first-order valence-corrected chi connectivity index (χ1v) is 10.8. The zero-order valence-corrected chi connectivity index (χ0v) is 19.5. The lowest BCUT2D eigenvalue weighted by Gasteiger charge is -2.28. The van der Waals surface area contributed by atoms with E-state index in [1.165, 1.54) is 10.5 Å². The second-order valence-electron chi connectivity index (χ2n) is 6.85. The number of methoxy groups -OCH3 is 1. The van der Waals surface area contributed by atoms with E-state index in [9.17, 15) is 9.59 Å². The van der Waals surface area contributed by atoms with Crippen LogP contribution in [0.4, 0.5) is 0 Å². The monoisotopic (exact) mass is 476 g/mol. The van der Waals surface area contributed by atoms with Crippen molar-refractivity contribution in [2.75, 3.05) is 20.3 Å². The van der Waals surface area contributed by atoms with Gasteiger partial charge in [-0.05, 0) is 71.6 Å². The van der Waals surface area contributed by atoms with E-state index < -0.39 is 6.04 Å². The zero-order valence-electron chi connectivity index (χ0n) is 17.9. The lowest BCUT2D eigenvalue weighted by molar-refractivity contribution is -0.142. The van der Waals surface area contributed by atoms with Gasteiger partial charge in [0.2, 0.25) is 5.91 Å². The number of halogens is 1. The Labute approximate surface area is 186 Å². The third-order valence-corrected chi connectivity index (χ3v) is 5.41. The van der Waals surface area contributed by atoms with Gasteiger partial charge in [0.15, 0.2) is 6.61 Å². The lowest BCUT2D eigenvalue weighted by Crippen LogP contribution is -2.49. The molecule has 1 N–H and O–H groups in total.